The molecule has 1 aliphatic carbocycles. The second kappa shape index (κ2) is 8.81. The van der Waals surface area contributed by atoms with Gasteiger partial charge in [0.2, 0.25) is 12.6 Å². The zero-order chi connectivity index (χ0) is 25.1. The van der Waals surface area contributed by atoms with Crippen LogP contribution in [0, 0.1) is 5.92 Å². The van der Waals surface area contributed by atoms with Crippen LogP contribution in [-0.4, -0.2) is 33.1 Å². The smallest absolute Gasteiger partial charge is 0.268 e. The molecule has 8 nitrogen and oxygen atoms in total. The van der Waals surface area contributed by atoms with Gasteiger partial charge in [-0.25, -0.2) is 8.97 Å². The minimum Gasteiger partial charge on any atom is -0.497 e. The zero-order valence-electron chi connectivity index (χ0n) is 20.4. The van der Waals surface area contributed by atoms with Crippen LogP contribution < -0.4 is 19.8 Å². The van der Waals surface area contributed by atoms with Gasteiger partial charge in [0.15, 0.2) is 16.7 Å². The normalized spacial score (nSPS) is 16.4. The fourth-order valence-corrected chi connectivity index (χ4v) is 7.57. The highest BCUT2D eigenvalue weighted by molar-refractivity contribution is 7.98. The third-order valence-electron chi connectivity index (χ3n) is 7.06. The van der Waals surface area contributed by atoms with Crippen molar-refractivity contribution in [2.75, 3.05) is 13.9 Å². The molecule has 0 bridgehead atoms. The first kappa shape index (κ1) is 22.7. The van der Waals surface area contributed by atoms with E-state index in [0.29, 0.717) is 17.4 Å². The highest BCUT2D eigenvalue weighted by atomic mass is 32.2. The predicted octanol–water partition coefficient (Wildman–Crippen LogP) is 5.25. The van der Waals surface area contributed by atoms with E-state index in [-0.39, 0.29) is 12.4 Å². The van der Waals surface area contributed by atoms with Crippen molar-refractivity contribution in [1.82, 2.24) is 19.2 Å². The minimum atomic E-state index is -0.0422. The van der Waals surface area contributed by atoms with Crippen LogP contribution >= 0.6 is 23.1 Å². The van der Waals surface area contributed by atoms with Crippen LogP contribution in [0.15, 0.2) is 52.4 Å². The van der Waals surface area contributed by atoms with E-state index in [2.05, 4.69) is 21.5 Å². The summed E-state index contributed by atoms with van der Waals surface area (Å²) in [7, 11) is 1.63. The Hall–Kier alpha value is -3.50. The summed E-state index contributed by atoms with van der Waals surface area (Å²) < 4.78 is 20.1. The molecular weight excluding hydrogens is 508 g/mol. The van der Waals surface area contributed by atoms with E-state index < -0.39 is 0 Å². The molecular formula is C27H24N4O4S2. The van der Waals surface area contributed by atoms with Gasteiger partial charge in [-0.15, -0.1) is 21.5 Å². The molecule has 0 amide bonds. The molecule has 0 radical (unpaired) electrons. The van der Waals surface area contributed by atoms with Gasteiger partial charge >= 0.3 is 0 Å². The molecule has 1 atom stereocenters. The van der Waals surface area contributed by atoms with Crippen LogP contribution in [0.5, 0.6) is 17.2 Å². The number of hydrogen-bond acceptors (Lipinski definition) is 8. The van der Waals surface area contributed by atoms with Gasteiger partial charge in [-0.05, 0) is 72.7 Å². The molecule has 0 saturated carbocycles. The summed E-state index contributed by atoms with van der Waals surface area (Å²) in [5.74, 6) is 4.08. The highest BCUT2D eigenvalue weighted by Crippen LogP contribution is 2.39. The summed E-state index contributed by atoms with van der Waals surface area (Å²) in [4.78, 5) is 16.3. The number of aromatic nitrogens is 4. The van der Waals surface area contributed by atoms with Crippen LogP contribution in [0.3, 0.4) is 0 Å². The average Bonchev–Trinajstić information content (AvgIpc) is 3.64. The molecule has 1 aliphatic heterocycles. The monoisotopic (exact) mass is 532 g/mol. The fourth-order valence-electron chi connectivity index (χ4n) is 5.14. The summed E-state index contributed by atoms with van der Waals surface area (Å²) in [5.41, 5.74) is 2.98. The number of ether oxygens (including phenoxy) is 3. The van der Waals surface area contributed by atoms with E-state index in [0.717, 1.165) is 63.1 Å². The third-order valence-corrected chi connectivity index (χ3v) is 9.30. The number of hydrogen-bond donors (Lipinski definition) is 0. The number of methoxy groups -OCH3 is 1. The van der Waals surface area contributed by atoms with Gasteiger partial charge < -0.3 is 14.2 Å². The van der Waals surface area contributed by atoms with Crippen molar-refractivity contribution < 1.29 is 14.2 Å². The number of benzene rings is 2. The van der Waals surface area contributed by atoms with E-state index in [1.165, 1.54) is 10.4 Å². The van der Waals surface area contributed by atoms with Crippen molar-refractivity contribution in [1.29, 1.82) is 0 Å². The number of nitrogens with zero attached hydrogens (tertiary/aromatic N) is 4. The Morgan fingerprint density at radius 2 is 1.97 bits per heavy atom. The lowest BCUT2D eigenvalue weighted by molar-refractivity contribution is 0.174. The van der Waals surface area contributed by atoms with E-state index in [9.17, 15) is 4.79 Å². The van der Waals surface area contributed by atoms with Crippen molar-refractivity contribution in [2.24, 2.45) is 5.92 Å². The van der Waals surface area contributed by atoms with E-state index in [4.69, 9.17) is 14.2 Å². The summed E-state index contributed by atoms with van der Waals surface area (Å²) in [6, 6.07) is 13.5. The Labute approximate surface area is 220 Å². The molecule has 3 aromatic heterocycles. The molecule has 0 fully saturated rings. The van der Waals surface area contributed by atoms with Gasteiger partial charge in [-0.2, -0.15) is 0 Å². The van der Waals surface area contributed by atoms with Crippen LogP contribution in [0.1, 0.15) is 29.3 Å². The Morgan fingerprint density at radius 3 is 2.81 bits per heavy atom. The standard InChI is InChI=1S/C27H24N4O4S2/c1-15-3-9-19-22(11-15)37-25-23(19)24(32)30(17-5-7-18(33-2)8-6-17)26-28-29-27(31(25)26)36-13-16-4-10-20-21(12-16)35-14-34-20/h4-8,10,12,15H,3,9,11,13-14H2,1-2H3/t15-/m0/s1. The molecule has 0 unspecified atom stereocenters. The minimum absolute atomic E-state index is 0.0422. The summed E-state index contributed by atoms with van der Waals surface area (Å²) in [6.45, 7) is 2.53. The molecule has 7 rings (SSSR count). The number of fused-ring (bicyclic) bond motifs is 6. The van der Waals surface area contributed by atoms with Crippen LogP contribution in [0.4, 0.5) is 0 Å². The van der Waals surface area contributed by atoms with Gasteiger partial charge in [0.1, 0.15) is 10.6 Å². The lowest BCUT2D eigenvalue weighted by Crippen LogP contribution is -2.22. The van der Waals surface area contributed by atoms with E-state index >= 15 is 0 Å². The topological polar surface area (TPSA) is 79.9 Å². The maximum Gasteiger partial charge on any atom is 0.268 e. The summed E-state index contributed by atoms with van der Waals surface area (Å²) in [5, 5.41) is 10.6. The number of aryl methyl sites for hydroxylation is 1. The Morgan fingerprint density at radius 1 is 1.14 bits per heavy atom. The van der Waals surface area contributed by atoms with Crippen molar-refractivity contribution >= 4 is 39.1 Å². The molecule has 2 aromatic carbocycles. The molecule has 2 aliphatic rings. The lowest BCUT2D eigenvalue weighted by Gasteiger charge is -2.17. The zero-order valence-corrected chi connectivity index (χ0v) is 22.0. The molecule has 10 heteroatoms. The van der Waals surface area contributed by atoms with Gasteiger partial charge in [-0.1, -0.05) is 24.8 Å². The lowest BCUT2D eigenvalue weighted by atomic mass is 9.89. The van der Waals surface area contributed by atoms with E-state index in [1.807, 2.05) is 42.5 Å². The molecule has 188 valence electrons. The molecule has 4 heterocycles. The first-order valence-electron chi connectivity index (χ1n) is 12.2. The van der Waals surface area contributed by atoms with Crippen molar-refractivity contribution in [3.8, 4) is 22.9 Å². The first-order chi connectivity index (χ1) is 18.1. The summed E-state index contributed by atoms with van der Waals surface area (Å²) >= 11 is 3.31. The van der Waals surface area contributed by atoms with Gasteiger partial charge in [0.25, 0.3) is 5.56 Å². The summed E-state index contributed by atoms with van der Waals surface area (Å²) in [6.07, 6.45) is 3.01. The second-order valence-corrected chi connectivity index (χ2v) is 11.5. The van der Waals surface area contributed by atoms with Crippen molar-refractivity contribution in [3.63, 3.8) is 0 Å². The SMILES string of the molecule is COc1ccc(-n2c(=O)c3c4c(sc3n3c(SCc5ccc6c(c5)OCO6)nnc23)C[C@@H](C)CC4)cc1. The number of rotatable bonds is 5. The van der Waals surface area contributed by atoms with Crippen LogP contribution in [0.2, 0.25) is 0 Å². The van der Waals surface area contributed by atoms with Gasteiger partial charge in [0, 0.05) is 10.6 Å². The fraction of sp³-hybridized carbons (Fsp3) is 0.296. The van der Waals surface area contributed by atoms with Gasteiger partial charge in [0.05, 0.1) is 18.2 Å². The maximum absolute atomic E-state index is 14.0. The Bertz CT molecular complexity index is 1720. The first-order valence-corrected chi connectivity index (χ1v) is 14.0. The highest BCUT2D eigenvalue weighted by Gasteiger charge is 2.27. The maximum atomic E-state index is 14.0. The predicted molar refractivity (Wildman–Crippen MR) is 144 cm³/mol. The molecule has 0 N–H and O–H groups in total. The number of thiophene rings is 1. The van der Waals surface area contributed by atoms with Crippen molar-refractivity contribution in [2.45, 2.75) is 37.1 Å². The average molecular weight is 533 g/mol. The molecule has 0 spiro atoms. The number of thioether (sulfide) groups is 1. The van der Waals surface area contributed by atoms with Crippen LogP contribution in [0.25, 0.3) is 21.7 Å². The quantitative estimate of drug-likeness (QED) is 0.286. The molecule has 37 heavy (non-hydrogen) atoms. The second-order valence-electron chi connectivity index (χ2n) is 9.46. The van der Waals surface area contributed by atoms with E-state index in [1.54, 1.807) is 34.8 Å². The molecule has 5 aromatic rings. The Balaban J connectivity index is 1.40. The Kier molecular flexibility index (Phi) is 5.40. The molecule has 0 saturated heterocycles. The van der Waals surface area contributed by atoms with Crippen LogP contribution in [-0.2, 0) is 18.6 Å². The third kappa shape index (κ3) is 3.69. The largest absolute Gasteiger partial charge is 0.497 e. The van der Waals surface area contributed by atoms with Crippen molar-refractivity contribution in [3.05, 3.63) is 68.8 Å². The van der Waals surface area contributed by atoms with Gasteiger partial charge in [-0.3, -0.25) is 4.79 Å².